The Kier molecular flexibility index (Phi) is 5.64. The van der Waals surface area contributed by atoms with Gasteiger partial charge in [-0.25, -0.2) is 0 Å². The summed E-state index contributed by atoms with van der Waals surface area (Å²) in [5.74, 6) is -3.94. The molecule has 9 nitrogen and oxygen atoms in total. The fraction of sp³-hybridized carbons (Fsp3) is 0.630. The number of amides is 4. The maximum absolute atomic E-state index is 13.9. The predicted molar refractivity (Wildman–Crippen MR) is 133 cm³/mol. The van der Waals surface area contributed by atoms with Crippen LogP contribution < -0.4 is 16.4 Å². The second kappa shape index (κ2) is 8.42. The summed E-state index contributed by atoms with van der Waals surface area (Å²) in [4.78, 5) is 54.7. The number of para-hydroxylation sites is 1. The van der Waals surface area contributed by atoms with Gasteiger partial charge in [-0.15, -0.1) is 0 Å². The summed E-state index contributed by atoms with van der Waals surface area (Å²) in [5, 5.41) is 5.58. The SMILES string of the molecule is CC1(C)[C@@H]2[C@@H](C(=O)N[C@@H](CC3CC3)C(=O)N3C[C@]4(C[C@H]3N)C(=O)Nc3ccccc34)N(C(=O)C(F)(F)F)C[C@@H]21. The molecule has 0 unspecified atom stereocenters. The molecule has 12 heteroatoms. The van der Waals surface area contributed by atoms with E-state index < -0.39 is 53.5 Å². The smallest absolute Gasteiger partial charge is 0.342 e. The van der Waals surface area contributed by atoms with Crippen LogP contribution in [0, 0.1) is 23.2 Å². The van der Waals surface area contributed by atoms with E-state index in [-0.39, 0.29) is 42.7 Å². The monoisotopic (exact) mass is 547 g/mol. The number of alkyl halides is 3. The van der Waals surface area contributed by atoms with Crippen LogP contribution in [0.3, 0.4) is 0 Å². The fourth-order valence-corrected chi connectivity index (χ4v) is 7.24. The van der Waals surface area contributed by atoms with Crippen molar-refractivity contribution in [1.82, 2.24) is 15.1 Å². The van der Waals surface area contributed by atoms with Crippen LogP contribution in [0.25, 0.3) is 0 Å². The summed E-state index contributed by atoms with van der Waals surface area (Å²) < 4.78 is 40.0. The Morgan fingerprint density at radius 1 is 1.18 bits per heavy atom. The highest BCUT2D eigenvalue weighted by Gasteiger charge is 2.71. The minimum Gasteiger partial charge on any atom is -0.342 e. The summed E-state index contributed by atoms with van der Waals surface area (Å²) in [7, 11) is 0. The molecule has 2 saturated heterocycles. The average molecular weight is 548 g/mol. The summed E-state index contributed by atoms with van der Waals surface area (Å²) >= 11 is 0. The summed E-state index contributed by atoms with van der Waals surface area (Å²) in [6.45, 7) is 3.63. The van der Waals surface area contributed by atoms with E-state index in [1.165, 1.54) is 4.90 Å². The molecule has 39 heavy (non-hydrogen) atoms. The first-order valence-electron chi connectivity index (χ1n) is 13.4. The number of piperidine rings is 1. The van der Waals surface area contributed by atoms with Crippen LogP contribution in [0.5, 0.6) is 0 Å². The van der Waals surface area contributed by atoms with Crippen molar-refractivity contribution in [2.45, 2.75) is 69.4 Å². The number of hydrogen-bond acceptors (Lipinski definition) is 5. The molecule has 6 rings (SSSR count). The Hall–Kier alpha value is -3.15. The maximum atomic E-state index is 13.9. The number of carbonyl (C=O) groups excluding carboxylic acids is 4. The first-order valence-corrected chi connectivity index (χ1v) is 13.4. The van der Waals surface area contributed by atoms with Gasteiger partial charge in [0.1, 0.15) is 12.1 Å². The molecule has 3 heterocycles. The molecular formula is C27H32F3N5O4. The van der Waals surface area contributed by atoms with Crippen molar-refractivity contribution >= 4 is 29.3 Å². The molecule has 3 aliphatic heterocycles. The van der Waals surface area contributed by atoms with Crippen LogP contribution in [0.4, 0.5) is 18.9 Å². The van der Waals surface area contributed by atoms with Crippen molar-refractivity contribution in [3.63, 3.8) is 0 Å². The Morgan fingerprint density at radius 2 is 1.87 bits per heavy atom. The molecule has 0 aromatic heterocycles. The van der Waals surface area contributed by atoms with Gasteiger partial charge in [0.25, 0.3) is 0 Å². The summed E-state index contributed by atoms with van der Waals surface area (Å²) in [6, 6.07) is 4.91. The van der Waals surface area contributed by atoms with Crippen LogP contribution in [0.15, 0.2) is 24.3 Å². The maximum Gasteiger partial charge on any atom is 0.471 e. The molecule has 4 fully saturated rings. The highest BCUT2D eigenvalue weighted by molar-refractivity contribution is 6.07. The average Bonchev–Trinajstić information content (AvgIpc) is 3.60. The predicted octanol–water partition coefficient (Wildman–Crippen LogP) is 1.72. The molecule has 4 amide bonds. The number of likely N-dealkylation sites (tertiary alicyclic amines) is 2. The molecular weight excluding hydrogens is 515 g/mol. The lowest BCUT2D eigenvalue weighted by Crippen LogP contribution is -2.58. The number of nitrogens with one attached hydrogen (secondary N) is 2. The number of halogens is 3. The molecule has 1 aromatic carbocycles. The number of benzene rings is 1. The Bertz CT molecular complexity index is 1260. The number of rotatable bonds is 5. The van der Waals surface area contributed by atoms with Crippen LogP contribution in [0.2, 0.25) is 0 Å². The number of carbonyl (C=O) groups is 4. The third-order valence-corrected chi connectivity index (χ3v) is 9.67. The highest BCUT2D eigenvalue weighted by Crippen LogP contribution is 2.65. The van der Waals surface area contributed by atoms with E-state index in [0.717, 1.165) is 18.4 Å². The zero-order chi connectivity index (χ0) is 28.1. The van der Waals surface area contributed by atoms with E-state index in [0.29, 0.717) is 17.0 Å². The first-order chi connectivity index (χ1) is 18.3. The zero-order valence-electron chi connectivity index (χ0n) is 21.8. The first kappa shape index (κ1) is 26.1. The molecule has 1 aromatic rings. The number of fused-ring (bicyclic) bond motifs is 3. The van der Waals surface area contributed by atoms with Gasteiger partial charge in [0.15, 0.2) is 0 Å². The Balaban J connectivity index is 1.24. The lowest BCUT2D eigenvalue weighted by Gasteiger charge is -2.33. The minimum atomic E-state index is -5.10. The number of anilines is 1. The van der Waals surface area contributed by atoms with E-state index in [1.807, 2.05) is 26.0 Å². The molecule has 1 spiro atoms. The minimum absolute atomic E-state index is 0.0345. The van der Waals surface area contributed by atoms with Gasteiger partial charge in [0.2, 0.25) is 17.7 Å². The van der Waals surface area contributed by atoms with Crippen molar-refractivity contribution in [2.75, 3.05) is 18.4 Å². The van der Waals surface area contributed by atoms with E-state index >= 15 is 0 Å². The Morgan fingerprint density at radius 3 is 2.54 bits per heavy atom. The van der Waals surface area contributed by atoms with Gasteiger partial charge in [0.05, 0.1) is 11.6 Å². The molecule has 0 bridgehead atoms. The highest BCUT2D eigenvalue weighted by atomic mass is 19.4. The molecule has 2 saturated carbocycles. The third-order valence-electron chi connectivity index (χ3n) is 9.67. The molecule has 4 N–H and O–H groups in total. The van der Waals surface area contributed by atoms with Gasteiger partial charge >= 0.3 is 12.1 Å². The normalized spacial score (nSPS) is 33.0. The topological polar surface area (TPSA) is 125 Å². The van der Waals surface area contributed by atoms with E-state index in [1.54, 1.807) is 12.1 Å². The van der Waals surface area contributed by atoms with Crippen molar-refractivity contribution in [3.05, 3.63) is 29.8 Å². The zero-order valence-corrected chi connectivity index (χ0v) is 21.8. The lowest BCUT2D eigenvalue weighted by atomic mass is 9.80. The molecule has 5 aliphatic rings. The van der Waals surface area contributed by atoms with Crippen LogP contribution >= 0.6 is 0 Å². The molecule has 2 aliphatic carbocycles. The van der Waals surface area contributed by atoms with Gasteiger partial charge in [-0.2, -0.15) is 13.2 Å². The van der Waals surface area contributed by atoms with Gasteiger partial charge < -0.3 is 26.2 Å². The van der Waals surface area contributed by atoms with Crippen LogP contribution in [0.1, 0.15) is 45.1 Å². The summed E-state index contributed by atoms with van der Waals surface area (Å²) in [5.41, 5.74) is 6.44. The van der Waals surface area contributed by atoms with Crippen LogP contribution in [-0.2, 0) is 24.6 Å². The second-order valence-corrected chi connectivity index (χ2v) is 12.4. The van der Waals surface area contributed by atoms with Gasteiger partial charge in [-0.05, 0) is 41.2 Å². The van der Waals surface area contributed by atoms with E-state index in [4.69, 9.17) is 5.73 Å². The molecule has 0 radical (unpaired) electrons. The molecule has 6 atom stereocenters. The van der Waals surface area contributed by atoms with Crippen molar-refractivity contribution in [3.8, 4) is 0 Å². The van der Waals surface area contributed by atoms with Crippen molar-refractivity contribution in [2.24, 2.45) is 28.9 Å². The number of nitrogens with two attached hydrogens (primary N) is 1. The quantitative estimate of drug-likeness (QED) is 0.518. The van der Waals surface area contributed by atoms with Crippen LogP contribution in [-0.4, -0.2) is 70.9 Å². The fourth-order valence-electron chi connectivity index (χ4n) is 7.24. The second-order valence-electron chi connectivity index (χ2n) is 12.4. The Labute approximate surface area is 223 Å². The third kappa shape index (κ3) is 4.01. The van der Waals surface area contributed by atoms with Crippen molar-refractivity contribution < 1.29 is 32.3 Å². The summed E-state index contributed by atoms with van der Waals surface area (Å²) in [6.07, 6.45) is -3.59. The molecule has 210 valence electrons. The van der Waals surface area contributed by atoms with Gasteiger partial charge in [-0.3, -0.25) is 19.2 Å². The standard InChI is InChI=1S/C27H32F3N5O4/c1-25(2)15-11-34(24(39)27(28,29)30)20(19(15)25)21(36)32-17(9-13-7-8-13)22(37)35-12-26(10-18(35)31)14-5-3-4-6-16(14)33-23(26)38/h3-6,13,15,17-20H,7-12,31H2,1-2H3,(H,32,36)(H,33,38)/t15-,17-,18-,19-,20-,26-/m0/s1. The number of hydrogen-bond donors (Lipinski definition) is 3. The van der Waals surface area contributed by atoms with E-state index in [2.05, 4.69) is 10.6 Å². The number of nitrogens with zero attached hydrogens (tertiary/aromatic N) is 2. The lowest BCUT2D eigenvalue weighted by molar-refractivity contribution is -0.188. The van der Waals surface area contributed by atoms with Gasteiger partial charge in [0, 0.05) is 25.2 Å². The van der Waals surface area contributed by atoms with Gasteiger partial charge in [-0.1, -0.05) is 44.9 Å². The van der Waals surface area contributed by atoms with E-state index in [9.17, 15) is 32.3 Å². The largest absolute Gasteiger partial charge is 0.471 e. The van der Waals surface area contributed by atoms with Crippen molar-refractivity contribution in [1.29, 1.82) is 0 Å².